The van der Waals surface area contributed by atoms with Crippen LogP contribution in [0.25, 0.3) is 0 Å². The van der Waals surface area contributed by atoms with Gasteiger partial charge in [0.1, 0.15) is 0 Å². The topological polar surface area (TPSA) is 38.0 Å². The van der Waals surface area contributed by atoms with E-state index in [9.17, 15) is 0 Å². The first-order valence-corrected chi connectivity index (χ1v) is 5.30. The van der Waals surface area contributed by atoms with Gasteiger partial charge in [0.2, 0.25) is 0 Å². The van der Waals surface area contributed by atoms with Crippen LogP contribution in [0.5, 0.6) is 0 Å². The monoisotopic (exact) mass is 184 g/mol. The lowest BCUT2D eigenvalue weighted by Gasteiger charge is -2.27. The standard InChI is InChI=1S/C11H24N2/c1-10(2,3)9(12)7-13-8-11(4)5-6-11/h9,13H,5-8,12H2,1-4H3. The Bertz CT molecular complexity index is 165. The fourth-order valence-corrected chi connectivity index (χ4v) is 1.23. The number of rotatable bonds is 4. The molecule has 1 fully saturated rings. The fourth-order valence-electron chi connectivity index (χ4n) is 1.23. The van der Waals surface area contributed by atoms with E-state index in [0.717, 1.165) is 13.1 Å². The lowest BCUT2D eigenvalue weighted by Crippen LogP contribution is -2.44. The third kappa shape index (κ3) is 3.65. The van der Waals surface area contributed by atoms with Gasteiger partial charge in [-0.2, -0.15) is 0 Å². The van der Waals surface area contributed by atoms with Gasteiger partial charge in [-0.3, -0.25) is 0 Å². The summed E-state index contributed by atoms with van der Waals surface area (Å²) in [6.07, 6.45) is 2.76. The SMILES string of the molecule is CC1(CNCC(N)C(C)(C)C)CC1. The Morgan fingerprint density at radius 3 is 2.31 bits per heavy atom. The maximum atomic E-state index is 6.04. The summed E-state index contributed by atoms with van der Waals surface area (Å²) in [7, 11) is 0. The molecule has 3 N–H and O–H groups in total. The highest BCUT2D eigenvalue weighted by molar-refractivity contribution is 4.91. The van der Waals surface area contributed by atoms with E-state index in [4.69, 9.17) is 5.73 Å². The highest BCUT2D eigenvalue weighted by Crippen LogP contribution is 2.44. The van der Waals surface area contributed by atoms with E-state index in [2.05, 4.69) is 33.0 Å². The lowest BCUT2D eigenvalue weighted by atomic mass is 9.87. The van der Waals surface area contributed by atoms with Gasteiger partial charge < -0.3 is 11.1 Å². The first-order valence-electron chi connectivity index (χ1n) is 5.30. The lowest BCUT2D eigenvalue weighted by molar-refractivity contribution is 0.303. The largest absolute Gasteiger partial charge is 0.326 e. The maximum absolute atomic E-state index is 6.04. The second kappa shape index (κ2) is 3.58. The predicted octanol–water partition coefficient (Wildman–Crippen LogP) is 1.75. The first kappa shape index (κ1) is 11.0. The normalized spacial score (nSPS) is 22.8. The average Bonchev–Trinajstić information content (AvgIpc) is 2.66. The second-order valence-electron chi connectivity index (χ2n) is 5.91. The van der Waals surface area contributed by atoms with Crippen LogP contribution < -0.4 is 11.1 Å². The van der Waals surface area contributed by atoms with E-state index in [0.29, 0.717) is 5.41 Å². The minimum absolute atomic E-state index is 0.220. The van der Waals surface area contributed by atoms with Crippen LogP contribution in [0.4, 0.5) is 0 Å². The van der Waals surface area contributed by atoms with Gasteiger partial charge in [0.15, 0.2) is 0 Å². The Morgan fingerprint density at radius 1 is 1.38 bits per heavy atom. The van der Waals surface area contributed by atoms with E-state index in [1.807, 2.05) is 0 Å². The average molecular weight is 184 g/mol. The summed E-state index contributed by atoms with van der Waals surface area (Å²) < 4.78 is 0. The molecule has 0 bridgehead atoms. The zero-order chi connectivity index (χ0) is 10.1. The molecule has 2 heteroatoms. The van der Waals surface area contributed by atoms with Gasteiger partial charge in [-0.25, -0.2) is 0 Å². The van der Waals surface area contributed by atoms with Gasteiger partial charge in [0.05, 0.1) is 0 Å². The van der Waals surface area contributed by atoms with Gasteiger partial charge >= 0.3 is 0 Å². The second-order valence-corrected chi connectivity index (χ2v) is 5.91. The summed E-state index contributed by atoms with van der Waals surface area (Å²) in [5, 5.41) is 3.47. The third-order valence-corrected chi connectivity index (χ3v) is 3.13. The van der Waals surface area contributed by atoms with Crippen molar-refractivity contribution in [2.45, 2.75) is 46.6 Å². The number of hydrogen-bond donors (Lipinski definition) is 2. The fraction of sp³-hybridized carbons (Fsp3) is 1.00. The Hall–Kier alpha value is -0.0800. The summed E-state index contributed by atoms with van der Waals surface area (Å²) in [5.41, 5.74) is 6.85. The van der Waals surface area contributed by atoms with Crippen molar-refractivity contribution in [3.05, 3.63) is 0 Å². The van der Waals surface area contributed by atoms with Crippen LogP contribution >= 0.6 is 0 Å². The molecule has 0 aromatic heterocycles. The first-order chi connectivity index (χ1) is 5.83. The Labute approximate surface area is 82.3 Å². The van der Waals surface area contributed by atoms with Crippen molar-refractivity contribution in [2.75, 3.05) is 13.1 Å². The van der Waals surface area contributed by atoms with Crippen molar-refractivity contribution in [2.24, 2.45) is 16.6 Å². The quantitative estimate of drug-likeness (QED) is 0.698. The molecule has 0 heterocycles. The van der Waals surface area contributed by atoms with Crippen molar-refractivity contribution in [1.29, 1.82) is 0 Å². The summed E-state index contributed by atoms with van der Waals surface area (Å²) in [6, 6.07) is 0.259. The summed E-state index contributed by atoms with van der Waals surface area (Å²) >= 11 is 0. The Morgan fingerprint density at radius 2 is 1.92 bits per heavy atom. The van der Waals surface area contributed by atoms with Crippen molar-refractivity contribution >= 4 is 0 Å². The van der Waals surface area contributed by atoms with Crippen LogP contribution in [0.2, 0.25) is 0 Å². The molecule has 2 nitrogen and oxygen atoms in total. The summed E-state index contributed by atoms with van der Waals surface area (Å²) in [4.78, 5) is 0. The van der Waals surface area contributed by atoms with Gasteiger partial charge in [-0.15, -0.1) is 0 Å². The summed E-state index contributed by atoms with van der Waals surface area (Å²) in [6.45, 7) is 11.0. The molecule has 1 rings (SSSR count). The molecule has 1 atom stereocenters. The van der Waals surface area contributed by atoms with Crippen LogP contribution in [0, 0.1) is 10.8 Å². The molecule has 1 unspecified atom stereocenters. The number of nitrogens with two attached hydrogens (primary N) is 1. The van der Waals surface area contributed by atoms with E-state index in [-0.39, 0.29) is 11.5 Å². The predicted molar refractivity (Wildman–Crippen MR) is 57.6 cm³/mol. The molecule has 1 aliphatic rings. The van der Waals surface area contributed by atoms with Crippen LogP contribution in [0.15, 0.2) is 0 Å². The molecule has 0 aromatic rings. The third-order valence-electron chi connectivity index (χ3n) is 3.13. The molecule has 0 saturated heterocycles. The Balaban J connectivity index is 2.12. The van der Waals surface area contributed by atoms with Crippen LogP contribution in [-0.2, 0) is 0 Å². The maximum Gasteiger partial charge on any atom is 0.0214 e. The van der Waals surface area contributed by atoms with Crippen molar-refractivity contribution in [3.8, 4) is 0 Å². The van der Waals surface area contributed by atoms with Gasteiger partial charge in [0.25, 0.3) is 0 Å². The van der Waals surface area contributed by atoms with Crippen LogP contribution in [0.3, 0.4) is 0 Å². The van der Waals surface area contributed by atoms with E-state index in [1.165, 1.54) is 12.8 Å². The molecule has 0 aromatic carbocycles. The van der Waals surface area contributed by atoms with Crippen LogP contribution in [0.1, 0.15) is 40.5 Å². The molecule has 0 amide bonds. The molecule has 1 saturated carbocycles. The molecule has 0 aliphatic heterocycles. The van der Waals surface area contributed by atoms with E-state index in [1.54, 1.807) is 0 Å². The number of nitrogens with one attached hydrogen (secondary N) is 1. The highest BCUT2D eigenvalue weighted by atomic mass is 14.9. The van der Waals surface area contributed by atoms with Crippen molar-refractivity contribution < 1.29 is 0 Å². The zero-order valence-corrected chi connectivity index (χ0v) is 9.48. The van der Waals surface area contributed by atoms with Gasteiger partial charge in [0, 0.05) is 19.1 Å². The van der Waals surface area contributed by atoms with Gasteiger partial charge in [-0.05, 0) is 23.7 Å². The highest BCUT2D eigenvalue weighted by Gasteiger charge is 2.36. The van der Waals surface area contributed by atoms with E-state index >= 15 is 0 Å². The molecule has 78 valence electrons. The smallest absolute Gasteiger partial charge is 0.0214 e. The Kier molecular flexibility index (Phi) is 3.03. The van der Waals surface area contributed by atoms with Crippen molar-refractivity contribution in [3.63, 3.8) is 0 Å². The molecule has 0 spiro atoms. The molecular formula is C11H24N2. The molecule has 13 heavy (non-hydrogen) atoms. The molecule has 1 aliphatic carbocycles. The number of hydrogen-bond acceptors (Lipinski definition) is 2. The molecular weight excluding hydrogens is 160 g/mol. The minimum atomic E-state index is 0.220. The molecule has 0 radical (unpaired) electrons. The van der Waals surface area contributed by atoms with Gasteiger partial charge in [-0.1, -0.05) is 27.7 Å². The van der Waals surface area contributed by atoms with Crippen LogP contribution in [-0.4, -0.2) is 19.1 Å². The van der Waals surface area contributed by atoms with Crippen molar-refractivity contribution in [1.82, 2.24) is 5.32 Å². The minimum Gasteiger partial charge on any atom is -0.326 e. The summed E-state index contributed by atoms with van der Waals surface area (Å²) in [5.74, 6) is 0. The van der Waals surface area contributed by atoms with E-state index < -0.39 is 0 Å². The zero-order valence-electron chi connectivity index (χ0n) is 9.48.